The van der Waals surface area contributed by atoms with E-state index >= 15 is 0 Å². The number of rotatable bonds is 5. The molecule has 0 radical (unpaired) electrons. The molecule has 0 saturated carbocycles. The number of aromatic nitrogens is 3. The van der Waals surface area contributed by atoms with Crippen LogP contribution in [0.25, 0.3) is 11.0 Å². The van der Waals surface area contributed by atoms with E-state index in [9.17, 15) is 9.59 Å². The fourth-order valence-corrected chi connectivity index (χ4v) is 3.84. The standard InChI is InChI=1S/C24H20N4O3/c29-23(27-14-13-18-5-1-3-7-21(18)27)16-31-24(30)19-11-9-17(10-12-19)15-28-22-8-4-2-6-20(22)25-26-28/h1-12H,13-16H2. The molecule has 1 aliphatic heterocycles. The van der Waals surface area contributed by atoms with Crippen molar-refractivity contribution < 1.29 is 14.3 Å². The number of hydrogen-bond donors (Lipinski definition) is 0. The summed E-state index contributed by atoms with van der Waals surface area (Å²) in [5.41, 5.74) is 5.21. The molecular formula is C24H20N4O3. The summed E-state index contributed by atoms with van der Waals surface area (Å²) in [5.74, 6) is -0.730. The second-order valence-corrected chi connectivity index (χ2v) is 7.43. The van der Waals surface area contributed by atoms with Gasteiger partial charge in [0.2, 0.25) is 0 Å². The lowest BCUT2D eigenvalue weighted by atomic mass is 10.1. The molecular weight excluding hydrogens is 392 g/mol. The lowest BCUT2D eigenvalue weighted by molar-refractivity contribution is -0.121. The summed E-state index contributed by atoms with van der Waals surface area (Å²) < 4.78 is 7.08. The lowest BCUT2D eigenvalue weighted by Crippen LogP contribution is -2.33. The minimum Gasteiger partial charge on any atom is -0.452 e. The Morgan fingerprint density at radius 2 is 1.71 bits per heavy atom. The van der Waals surface area contributed by atoms with Gasteiger partial charge >= 0.3 is 5.97 Å². The van der Waals surface area contributed by atoms with Crippen molar-refractivity contribution in [1.82, 2.24) is 15.0 Å². The van der Waals surface area contributed by atoms with E-state index in [-0.39, 0.29) is 12.5 Å². The van der Waals surface area contributed by atoms with Gasteiger partial charge in [0, 0.05) is 12.2 Å². The highest BCUT2D eigenvalue weighted by Crippen LogP contribution is 2.27. The topological polar surface area (TPSA) is 77.3 Å². The first kappa shape index (κ1) is 19.0. The number of anilines is 1. The summed E-state index contributed by atoms with van der Waals surface area (Å²) in [6, 6.07) is 22.7. The van der Waals surface area contributed by atoms with Crippen LogP contribution in [-0.2, 0) is 22.5 Å². The molecule has 0 N–H and O–H groups in total. The van der Waals surface area contributed by atoms with Crippen LogP contribution in [-0.4, -0.2) is 40.0 Å². The maximum absolute atomic E-state index is 12.5. The summed E-state index contributed by atoms with van der Waals surface area (Å²) in [5, 5.41) is 8.33. The van der Waals surface area contributed by atoms with Crippen LogP contribution in [0, 0.1) is 0 Å². The predicted molar refractivity (Wildman–Crippen MR) is 116 cm³/mol. The molecule has 2 heterocycles. The highest BCUT2D eigenvalue weighted by molar-refractivity contribution is 5.98. The van der Waals surface area contributed by atoms with Gasteiger partial charge in [0.1, 0.15) is 5.52 Å². The molecule has 0 bridgehead atoms. The van der Waals surface area contributed by atoms with E-state index in [1.807, 2.05) is 65.3 Å². The second kappa shape index (κ2) is 8.02. The number of amides is 1. The summed E-state index contributed by atoms with van der Waals surface area (Å²) in [6.45, 7) is 0.879. The van der Waals surface area contributed by atoms with E-state index in [0.29, 0.717) is 18.7 Å². The Bertz CT molecular complexity index is 1260. The van der Waals surface area contributed by atoms with Crippen molar-refractivity contribution in [3.63, 3.8) is 0 Å². The number of nitrogens with zero attached hydrogens (tertiary/aromatic N) is 4. The zero-order valence-corrected chi connectivity index (χ0v) is 16.8. The van der Waals surface area contributed by atoms with Crippen LogP contribution in [0.4, 0.5) is 5.69 Å². The Labute approximate surface area is 178 Å². The summed E-state index contributed by atoms with van der Waals surface area (Å²) >= 11 is 0. The molecule has 0 fully saturated rings. The molecule has 5 rings (SSSR count). The largest absolute Gasteiger partial charge is 0.452 e. The summed E-state index contributed by atoms with van der Waals surface area (Å²) in [4.78, 5) is 26.6. The van der Waals surface area contributed by atoms with Crippen molar-refractivity contribution in [3.05, 3.63) is 89.5 Å². The maximum Gasteiger partial charge on any atom is 0.338 e. The first-order valence-electron chi connectivity index (χ1n) is 10.1. The van der Waals surface area contributed by atoms with E-state index in [2.05, 4.69) is 10.3 Å². The number of hydrogen-bond acceptors (Lipinski definition) is 5. The van der Waals surface area contributed by atoms with Gasteiger partial charge < -0.3 is 9.64 Å². The molecule has 1 amide bonds. The molecule has 0 unspecified atom stereocenters. The average Bonchev–Trinajstić information content (AvgIpc) is 3.42. The average molecular weight is 412 g/mol. The van der Waals surface area contributed by atoms with Crippen LogP contribution >= 0.6 is 0 Å². The zero-order chi connectivity index (χ0) is 21.2. The number of fused-ring (bicyclic) bond motifs is 2. The van der Waals surface area contributed by atoms with Gasteiger partial charge in [-0.25, -0.2) is 9.48 Å². The van der Waals surface area contributed by atoms with E-state index < -0.39 is 5.97 Å². The lowest BCUT2D eigenvalue weighted by Gasteiger charge is -2.17. The summed E-state index contributed by atoms with van der Waals surface area (Å²) in [6.07, 6.45) is 0.818. The summed E-state index contributed by atoms with van der Waals surface area (Å²) in [7, 11) is 0. The molecule has 0 aliphatic carbocycles. The fourth-order valence-electron chi connectivity index (χ4n) is 3.84. The Kier molecular flexibility index (Phi) is 4.92. The fraction of sp³-hybridized carbons (Fsp3) is 0.167. The third-order valence-electron chi connectivity index (χ3n) is 5.46. The van der Waals surface area contributed by atoms with E-state index in [0.717, 1.165) is 34.3 Å². The number of ether oxygens (including phenoxy) is 1. The second-order valence-electron chi connectivity index (χ2n) is 7.43. The molecule has 1 aromatic heterocycles. The molecule has 1 aliphatic rings. The van der Waals surface area contributed by atoms with Crippen molar-refractivity contribution >= 4 is 28.6 Å². The molecule has 0 spiro atoms. The van der Waals surface area contributed by atoms with E-state index in [4.69, 9.17) is 4.74 Å². The smallest absolute Gasteiger partial charge is 0.338 e. The monoisotopic (exact) mass is 412 g/mol. The van der Waals surface area contributed by atoms with Crippen molar-refractivity contribution in [1.29, 1.82) is 0 Å². The molecule has 3 aromatic carbocycles. The van der Waals surface area contributed by atoms with E-state index in [1.54, 1.807) is 17.0 Å². The van der Waals surface area contributed by atoms with Crippen molar-refractivity contribution in [2.45, 2.75) is 13.0 Å². The first-order valence-corrected chi connectivity index (χ1v) is 10.1. The zero-order valence-electron chi connectivity index (χ0n) is 16.8. The normalized spacial score (nSPS) is 12.7. The molecule has 4 aromatic rings. The number of carbonyl (C=O) groups is 2. The minimum absolute atomic E-state index is 0.215. The van der Waals surface area contributed by atoms with Gasteiger partial charge in [-0.3, -0.25) is 4.79 Å². The van der Waals surface area contributed by atoms with Crippen LogP contribution < -0.4 is 4.90 Å². The predicted octanol–water partition coefficient (Wildman–Crippen LogP) is 3.23. The van der Waals surface area contributed by atoms with Gasteiger partial charge in [0.15, 0.2) is 6.61 Å². The Hall–Kier alpha value is -4.00. The Balaban J connectivity index is 1.20. The van der Waals surface area contributed by atoms with Gasteiger partial charge in [0.25, 0.3) is 5.91 Å². The molecule has 7 heteroatoms. The number of carbonyl (C=O) groups excluding carboxylic acids is 2. The third-order valence-corrected chi connectivity index (χ3v) is 5.46. The van der Waals surface area contributed by atoms with Gasteiger partial charge in [-0.1, -0.05) is 47.7 Å². The maximum atomic E-state index is 12.5. The molecule has 31 heavy (non-hydrogen) atoms. The SMILES string of the molecule is O=C(OCC(=O)N1CCc2ccccc21)c1ccc(Cn2nnc3ccccc32)cc1. The van der Waals surface area contributed by atoms with Crippen molar-refractivity contribution in [2.24, 2.45) is 0 Å². The molecule has 7 nitrogen and oxygen atoms in total. The third kappa shape index (κ3) is 3.77. The van der Waals surface area contributed by atoms with Crippen LogP contribution in [0.1, 0.15) is 21.5 Å². The number of benzene rings is 3. The van der Waals surface area contributed by atoms with E-state index in [1.165, 1.54) is 0 Å². The van der Waals surface area contributed by atoms with Crippen LogP contribution in [0.2, 0.25) is 0 Å². The first-order chi connectivity index (χ1) is 15.2. The van der Waals surface area contributed by atoms with Gasteiger partial charge in [0.05, 0.1) is 17.6 Å². The number of para-hydroxylation sites is 2. The van der Waals surface area contributed by atoms with Crippen LogP contribution in [0.5, 0.6) is 0 Å². The molecule has 154 valence electrons. The van der Waals surface area contributed by atoms with Crippen LogP contribution in [0.15, 0.2) is 72.8 Å². The van der Waals surface area contributed by atoms with Gasteiger partial charge in [-0.2, -0.15) is 0 Å². The Morgan fingerprint density at radius 3 is 2.58 bits per heavy atom. The van der Waals surface area contributed by atoms with Crippen LogP contribution in [0.3, 0.4) is 0 Å². The van der Waals surface area contributed by atoms with Crippen molar-refractivity contribution in [3.8, 4) is 0 Å². The highest BCUT2D eigenvalue weighted by Gasteiger charge is 2.25. The van der Waals surface area contributed by atoms with Gasteiger partial charge in [-0.15, -0.1) is 5.10 Å². The quantitative estimate of drug-likeness (QED) is 0.471. The van der Waals surface area contributed by atoms with Gasteiger partial charge in [-0.05, 0) is 47.9 Å². The van der Waals surface area contributed by atoms with Crippen molar-refractivity contribution in [2.75, 3.05) is 18.1 Å². The highest BCUT2D eigenvalue weighted by atomic mass is 16.5. The number of esters is 1. The Morgan fingerprint density at radius 1 is 0.935 bits per heavy atom. The molecule has 0 saturated heterocycles. The molecule has 0 atom stereocenters. The minimum atomic E-state index is -0.515.